The topological polar surface area (TPSA) is 36.1 Å². The van der Waals surface area contributed by atoms with Crippen LogP contribution in [0.25, 0.3) is 10.9 Å². The van der Waals surface area contributed by atoms with Crippen molar-refractivity contribution in [1.29, 1.82) is 0 Å². The molecule has 1 saturated heterocycles. The van der Waals surface area contributed by atoms with Crippen molar-refractivity contribution in [2.75, 3.05) is 6.54 Å². The van der Waals surface area contributed by atoms with E-state index >= 15 is 0 Å². The van der Waals surface area contributed by atoms with Crippen molar-refractivity contribution in [3.63, 3.8) is 0 Å². The van der Waals surface area contributed by atoms with Crippen LogP contribution >= 0.6 is 11.3 Å². The third kappa shape index (κ3) is 2.79. The predicted octanol–water partition coefficient (Wildman–Crippen LogP) is 4.53. The number of hydrogen-bond donors (Lipinski definition) is 1. The highest BCUT2D eigenvalue weighted by atomic mass is 32.1. The van der Waals surface area contributed by atoms with Crippen molar-refractivity contribution < 1.29 is 4.79 Å². The van der Waals surface area contributed by atoms with Gasteiger partial charge in [0.15, 0.2) is 0 Å². The number of aryl methyl sites for hydroxylation is 1. The Balaban J connectivity index is 1.45. The zero-order chi connectivity index (χ0) is 15.6. The first kappa shape index (κ1) is 14.5. The van der Waals surface area contributed by atoms with Crippen LogP contribution < -0.4 is 0 Å². The molecule has 3 heterocycles. The molecule has 0 saturated carbocycles. The highest BCUT2D eigenvalue weighted by Crippen LogP contribution is 2.35. The average Bonchev–Trinajstić information content (AvgIpc) is 3.31. The van der Waals surface area contributed by atoms with Gasteiger partial charge in [0, 0.05) is 34.9 Å². The van der Waals surface area contributed by atoms with E-state index in [9.17, 15) is 4.79 Å². The maximum atomic E-state index is 12.7. The lowest BCUT2D eigenvalue weighted by molar-refractivity contribution is -0.132. The standard InChI is InChI=1S/C19H20N2OS/c22-19(21-11-3-7-17(21)18-8-4-12-23-18)10-9-14-13-20-16-6-2-1-5-15(14)16/h1-2,4-6,8,12-13,17,20H,3,7,9-11H2. The number of nitrogens with zero attached hydrogens (tertiary/aromatic N) is 1. The highest BCUT2D eigenvalue weighted by Gasteiger charge is 2.30. The highest BCUT2D eigenvalue weighted by molar-refractivity contribution is 7.10. The molecule has 1 N–H and O–H groups in total. The summed E-state index contributed by atoms with van der Waals surface area (Å²) in [6.07, 6.45) is 5.64. The maximum Gasteiger partial charge on any atom is 0.223 e. The van der Waals surface area contributed by atoms with Crippen LogP contribution in [0.15, 0.2) is 48.0 Å². The monoisotopic (exact) mass is 324 g/mol. The maximum absolute atomic E-state index is 12.7. The zero-order valence-electron chi connectivity index (χ0n) is 13.0. The van der Waals surface area contributed by atoms with Gasteiger partial charge in [0.05, 0.1) is 6.04 Å². The molecule has 2 aromatic heterocycles. The molecule has 1 atom stereocenters. The Morgan fingerprint density at radius 1 is 1.26 bits per heavy atom. The van der Waals surface area contributed by atoms with Crippen LogP contribution in [-0.2, 0) is 11.2 Å². The molecule has 0 aliphatic carbocycles. The molecular weight excluding hydrogens is 304 g/mol. The number of likely N-dealkylation sites (tertiary alicyclic amines) is 1. The van der Waals surface area contributed by atoms with Crippen molar-refractivity contribution in [1.82, 2.24) is 9.88 Å². The molecule has 0 spiro atoms. The van der Waals surface area contributed by atoms with E-state index < -0.39 is 0 Å². The van der Waals surface area contributed by atoms with Crippen molar-refractivity contribution in [2.45, 2.75) is 31.7 Å². The minimum absolute atomic E-state index is 0.284. The molecule has 4 heteroatoms. The van der Waals surface area contributed by atoms with Crippen molar-refractivity contribution in [2.24, 2.45) is 0 Å². The van der Waals surface area contributed by atoms with E-state index in [0.717, 1.165) is 31.3 Å². The summed E-state index contributed by atoms with van der Waals surface area (Å²) in [5.41, 5.74) is 2.38. The molecule has 1 fully saturated rings. The molecule has 118 valence electrons. The molecule has 23 heavy (non-hydrogen) atoms. The Morgan fingerprint density at radius 3 is 3.04 bits per heavy atom. The van der Waals surface area contributed by atoms with Crippen LogP contribution in [0.4, 0.5) is 0 Å². The Hall–Kier alpha value is -2.07. The first-order valence-electron chi connectivity index (χ1n) is 8.21. The van der Waals surface area contributed by atoms with Crippen molar-refractivity contribution in [3.8, 4) is 0 Å². The van der Waals surface area contributed by atoms with Crippen LogP contribution in [0.5, 0.6) is 0 Å². The number of fused-ring (bicyclic) bond motifs is 1. The fourth-order valence-electron chi connectivity index (χ4n) is 3.57. The Morgan fingerprint density at radius 2 is 2.17 bits per heavy atom. The molecule has 1 aliphatic heterocycles. The molecule has 3 aromatic rings. The van der Waals surface area contributed by atoms with Gasteiger partial charge in [-0.2, -0.15) is 0 Å². The summed E-state index contributed by atoms with van der Waals surface area (Å²) in [7, 11) is 0. The second-order valence-corrected chi connectivity index (χ2v) is 7.10. The summed E-state index contributed by atoms with van der Waals surface area (Å²) in [5, 5.41) is 3.33. The number of H-pyrrole nitrogens is 1. The molecule has 0 radical (unpaired) electrons. The van der Waals surface area contributed by atoms with E-state index in [1.807, 2.05) is 12.3 Å². The van der Waals surface area contributed by atoms with Gasteiger partial charge in [-0.05, 0) is 42.3 Å². The lowest BCUT2D eigenvalue weighted by atomic mass is 10.1. The number of amides is 1. The average molecular weight is 324 g/mol. The van der Waals surface area contributed by atoms with Crippen LogP contribution in [0, 0.1) is 0 Å². The van der Waals surface area contributed by atoms with Crippen LogP contribution in [0.1, 0.15) is 35.7 Å². The zero-order valence-corrected chi connectivity index (χ0v) is 13.8. The van der Waals surface area contributed by atoms with Gasteiger partial charge in [-0.15, -0.1) is 11.3 Å². The quantitative estimate of drug-likeness (QED) is 0.752. The summed E-state index contributed by atoms with van der Waals surface area (Å²) in [5.74, 6) is 0.284. The van der Waals surface area contributed by atoms with Crippen LogP contribution in [0.2, 0.25) is 0 Å². The number of rotatable bonds is 4. The Kier molecular flexibility index (Phi) is 3.92. The molecule has 4 rings (SSSR count). The summed E-state index contributed by atoms with van der Waals surface area (Å²) in [6.45, 7) is 0.898. The van der Waals surface area contributed by atoms with Gasteiger partial charge in [0.1, 0.15) is 0 Å². The van der Waals surface area contributed by atoms with E-state index in [4.69, 9.17) is 0 Å². The van der Waals surface area contributed by atoms with E-state index in [-0.39, 0.29) is 5.91 Å². The molecule has 1 unspecified atom stereocenters. The third-order valence-corrected chi connectivity index (χ3v) is 5.70. The number of carbonyl (C=O) groups excluding carboxylic acids is 1. The largest absolute Gasteiger partial charge is 0.361 e. The number of para-hydroxylation sites is 1. The summed E-state index contributed by atoms with van der Waals surface area (Å²) in [4.78, 5) is 19.4. The Labute approximate surface area is 139 Å². The van der Waals surface area contributed by atoms with Gasteiger partial charge in [-0.25, -0.2) is 0 Å². The molecule has 3 nitrogen and oxygen atoms in total. The smallest absolute Gasteiger partial charge is 0.223 e. The van der Waals surface area contributed by atoms with Crippen LogP contribution in [0.3, 0.4) is 0 Å². The Bertz CT molecular complexity index is 806. The number of benzene rings is 1. The molecule has 0 bridgehead atoms. The fraction of sp³-hybridized carbons (Fsp3) is 0.316. The second kappa shape index (κ2) is 6.20. The molecule has 1 aliphatic rings. The summed E-state index contributed by atoms with van der Waals surface area (Å²) < 4.78 is 0. The number of hydrogen-bond acceptors (Lipinski definition) is 2. The van der Waals surface area contributed by atoms with E-state index in [2.05, 4.69) is 45.6 Å². The first-order chi connectivity index (χ1) is 11.3. The minimum Gasteiger partial charge on any atom is -0.361 e. The van der Waals surface area contributed by atoms with Crippen LogP contribution in [-0.4, -0.2) is 22.3 Å². The van der Waals surface area contributed by atoms with Gasteiger partial charge < -0.3 is 9.88 Å². The third-order valence-electron chi connectivity index (χ3n) is 4.73. The van der Waals surface area contributed by atoms with Gasteiger partial charge >= 0.3 is 0 Å². The summed E-state index contributed by atoms with van der Waals surface area (Å²) in [6, 6.07) is 12.8. The molecule has 1 amide bonds. The van der Waals surface area contributed by atoms with Gasteiger partial charge in [-0.3, -0.25) is 4.79 Å². The van der Waals surface area contributed by atoms with Gasteiger partial charge in [-0.1, -0.05) is 24.3 Å². The van der Waals surface area contributed by atoms with Crippen molar-refractivity contribution in [3.05, 3.63) is 58.4 Å². The van der Waals surface area contributed by atoms with Gasteiger partial charge in [0.25, 0.3) is 0 Å². The van der Waals surface area contributed by atoms with E-state index in [0.29, 0.717) is 12.5 Å². The van der Waals surface area contributed by atoms with E-state index in [1.54, 1.807) is 11.3 Å². The predicted molar refractivity (Wildman–Crippen MR) is 94.6 cm³/mol. The number of carbonyl (C=O) groups is 1. The SMILES string of the molecule is O=C(CCc1c[nH]c2ccccc12)N1CCCC1c1cccs1. The lowest BCUT2D eigenvalue weighted by Gasteiger charge is -2.24. The lowest BCUT2D eigenvalue weighted by Crippen LogP contribution is -2.30. The minimum atomic E-state index is 0.284. The van der Waals surface area contributed by atoms with Crippen molar-refractivity contribution >= 4 is 28.1 Å². The fourth-order valence-corrected chi connectivity index (χ4v) is 4.44. The summed E-state index contributed by atoms with van der Waals surface area (Å²) >= 11 is 1.76. The normalized spacial score (nSPS) is 17.9. The van der Waals surface area contributed by atoms with E-state index in [1.165, 1.54) is 15.8 Å². The second-order valence-electron chi connectivity index (χ2n) is 6.12. The first-order valence-corrected chi connectivity index (χ1v) is 9.09. The molecular formula is C19H20N2OS. The number of aromatic nitrogens is 1. The number of aromatic amines is 1. The molecule has 1 aromatic carbocycles. The number of thiophene rings is 1. The number of nitrogens with one attached hydrogen (secondary N) is 1. The van der Waals surface area contributed by atoms with Gasteiger partial charge in [0.2, 0.25) is 5.91 Å².